The van der Waals surface area contributed by atoms with Gasteiger partial charge in [0.15, 0.2) is 0 Å². The molecule has 154 valence electrons. The summed E-state index contributed by atoms with van der Waals surface area (Å²) in [5, 5.41) is 15.1. The third kappa shape index (κ3) is 12.2. The number of H-pyrrole nitrogens is 1. The van der Waals surface area contributed by atoms with Crippen molar-refractivity contribution in [3.8, 4) is 0 Å². The van der Waals surface area contributed by atoms with Gasteiger partial charge >= 0.3 is 11.7 Å². The monoisotopic (exact) mass is 379 g/mol. The van der Waals surface area contributed by atoms with Crippen LogP contribution in [-0.2, 0) is 18.3 Å². The van der Waals surface area contributed by atoms with Crippen molar-refractivity contribution >= 4 is 5.97 Å². The highest BCUT2D eigenvalue weighted by Gasteiger charge is 2.02. The number of carboxylic acid groups (broad SMARTS) is 1. The van der Waals surface area contributed by atoms with Gasteiger partial charge in [-0.2, -0.15) is 5.10 Å². The highest BCUT2D eigenvalue weighted by atomic mass is 16.4. The van der Waals surface area contributed by atoms with Crippen LogP contribution in [0.3, 0.4) is 0 Å². The van der Waals surface area contributed by atoms with Crippen LogP contribution in [-0.4, -0.2) is 25.8 Å². The molecule has 27 heavy (non-hydrogen) atoms. The topological polar surface area (TPSA) is 88.0 Å². The molecule has 1 heterocycles. The van der Waals surface area contributed by atoms with Crippen molar-refractivity contribution in [3.05, 3.63) is 28.5 Å². The second-order valence-electron chi connectivity index (χ2n) is 7.34. The standard InChI is InChI=1S/C21H37N3O3/c1-24-19(22-23-21(24)27)17-15-13-11-9-7-5-3-2-4-6-8-10-12-14-16-18-20(25)26/h2,4H,3,5-18H2,1H3,(H,23,27)(H,25,26)/b4-2-. The van der Waals surface area contributed by atoms with E-state index in [1.54, 1.807) is 11.6 Å². The Hall–Kier alpha value is -1.85. The van der Waals surface area contributed by atoms with Gasteiger partial charge < -0.3 is 5.11 Å². The van der Waals surface area contributed by atoms with E-state index in [1.165, 1.54) is 51.4 Å². The molecule has 0 spiro atoms. The number of aromatic amines is 1. The molecule has 1 aromatic heterocycles. The first-order valence-electron chi connectivity index (χ1n) is 10.6. The van der Waals surface area contributed by atoms with Gasteiger partial charge in [-0.1, -0.05) is 57.1 Å². The molecule has 1 aromatic rings. The Bertz CT molecular complexity index is 590. The predicted molar refractivity (Wildman–Crippen MR) is 109 cm³/mol. The van der Waals surface area contributed by atoms with Crippen LogP contribution in [0.1, 0.15) is 95.7 Å². The first kappa shape index (κ1) is 23.2. The molecular weight excluding hydrogens is 342 g/mol. The Morgan fingerprint density at radius 1 is 0.926 bits per heavy atom. The first-order chi connectivity index (χ1) is 13.1. The molecule has 0 amide bonds. The van der Waals surface area contributed by atoms with E-state index in [2.05, 4.69) is 22.3 Å². The zero-order valence-electron chi connectivity index (χ0n) is 16.9. The number of carbonyl (C=O) groups is 1. The number of rotatable bonds is 17. The van der Waals surface area contributed by atoms with Crippen molar-refractivity contribution < 1.29 is 9.90 Å². The summed E-state index contributed by atoms with van der Waals surface area (Å²) in [5.74, 6) is 0.172. The Balaban J connectivity index is 1.80. The molecule has 0 aliphatic rings. The van der Waals surface area contributed by atoms with Gasteiger partial charge in [0.2, 0.25) is 0 Å². The lowest BCUT2D eigenvalue weighted by molar-refractivity contribution is -0.137. The molecule has 0 saturated heterocycles. The van der Waals surface area contributed by atoms with E-state index in [-0.39, 0.29) is 5.69 Å². The van der Waals surface area contributed by atoms with Crippen LogP contribution in [0.25, 0.3) is 0 Å². The van der Waals surface area contributed by atoms with Crippen molar-refractivity contribution in [3.63, 3.8) is 0 Å². The Labute approximate surface area is 163 Å². The highest BCUT2D eigenvalue weighted by molar-refractivity contribution is 5.66. The number of nitrogens with zero attached hydrogens (tertiary/aromatic N) is 2. The first-order valence-corrected chi connectivity index (χ1v) is 10.6. The molecule has 0 aromatic carbocycles. The number of carboxylic acids is 1. The van der Waals surface area contributed by atoms with Crippen LogP contribution in [0.15, 0.2) is 16.9 Å². The van der Waals surface area contributed by atoms with Gasteiger partial charge in [0.25, 0.3) is 0 Å². The van der Waals surface area contributed by atoms with Crippen LogP contribution >= 0.6 is 0 Å². The summed E-state index contributed by atoms with van der Waals surface area (Å²) in [6, 6.07) is 0. The number of unbranched alkanes of at least 4 members (excludes halogenated alkanes) is 11. The van der Waals surface area contributed by atoms with E-state index in [4.69, 9.17) is 5.11 Å². The summed E-state index contributed by atoms with van der Waals surface area (Å²) >= 11 is 0. The van der Waals surface area contributed by atoms with E-state index < -0.39 is 5.97 Å². The van der Waals surface area contributed by atoms with Crippen molar-refractivity contribution in [2.24, 2.45) is 7.05 Å². The van der Waals surface area contributed by atoms with Gasteiger partial charge in [0.1, 0.15) is 5.82 Å². The van der Waals surface area contributed by atoms with Crippen LogP contribution in [0, 0.1) is 0 Å². The molecule has 0 aliphatic heterocycles. The number of aromatic nitrogens is 3. The summed E-state index contributed by atoms with van der Waals surface area (Å²) < 4.78 is 1.59. The molecular formula is C21H37N3O3. The Kier molecular flexibility index (Phi) is 13.1. The molecule has 0 bridgehead atoms. The zero-order chi connectivity index (χ0) is 19.7. The zero-order valence-corrected chi connectivity index (χ0v) is 16.9. The van der Waals surface area contributed by atoms with Crippen molar-refractivity contribution in [2.75, 3.05) is 0 Å². The minimum atomic E-state index is -0.681. The maximum atomic E-state index is 11.3. The van der Waals surface area contributed by atoms with Crippen molar-refractivity contribution in [1.82, 2.24) is 14.8 Å². The number of aliphatic carboxylic acids is 1. The van der Waals surface area contributed by atoms with Crippen LogP contribution in [0.5, 0.6) is 0 Å². The average molecular weight is 380 g/mol. The number of nitrogens with one attached hydrogen (secondary N) is 1. The minimum Gasteiger partial charge on any atom is -0.481 e. The maximum absolute atomic E-state index is 11.3. The SMILES string of the molecule is Cn1c(CCCCCCCC/C=C\CCCCCCCC(=O)O)n[nH]c1=O. The predicted octanol–water partition coefficient (Wildman–Crippen LogP) is 4.75. The van der Waals surface area contributed by atoms with Crippen LogP contribution < -0.4 is 5.69 Å². The number of allylic oxidation sites excluding steroid dienone is 2. The van der Waals surface area contributed by atoms with Gasteiger partial charge in [-0.25, -0.2) is 9.89 Å². The third-order valence-corrected chi connectivity index (χ3v) is 4.92. The van der Waals surface area contributed by atoms with E-state index in [1.807, 2.05) is 0 Å². The lowest BCUT2D eigenvalue weighted by atomic mass is 10.1. The summed E-state index contributed by atoms with van der Waals surface area (Å²) in [4.78, 5) is 21.6. The third-order valence-electron chi connectivity index (χ3n) is 4.92. The van der Waals surface area contributed by atoms with Crippen molar-refractivity contribution in [2.45, 2.75) is 96.3 Å². The summed E-state index contributed by atoms with van der Waals surface area (Å²) in [5.41, 5.74) is -0.131. The second-order valence-corrected chi connectivity index (χ2v) is 7.34. The molecule has 2 N–H and O–H groups in total. The molecule has 0 fully saturated rings. The number of hydrogen-bond donors (Lipinski definition) is 2. The minimum absolute atomic E-state index is 0.131. The van der Waals surface area contributed by atoms with E-state index >= 15 is 0 Å². The normalized spacial score (nSPS) is 11.4. The largest absolute Gasteiger partial charge is 0.481 e. The molecule has 6 nitrogen and oxygen atoms in total. The maximum Gasteiger partial charge on any atom is 0.343 e. The fourth-order valence-electron chi connectivity index (χ4n) is 3.16. The molecule has 1 rings (SSSR count). The van der Waals surface area contributed by atoms with E-state index in [9.17, 15) is 9.59 Å². The summed E-state index contributed by atoms with van der Waals surface area (Å²) in [6.45, 7) is 0. The van der Waals surface area contributed by atoms with Gasteiger partial charge in [-0.05, 0) is 38.5 Å². The fourth-order valence-corrected chi connectivity index (χ4v) is 3.16. The van der Waals surface area contributed by atoms with Crippen molar-refractivity contribution in [1.29, 1.82) is 0 Å². The smallest absolute Gasteiger partial charge is 0.343 e. The Morgan fingerprint density at radius 3 is 1.96 bits per heavy atom. The van der Waals surface area contributed by atoms with Gasteiger partial charge in [0, 0.05) is 19.9 Å². The van der Waals surface area contributed by atoms with E-state index in [0.29, 0.717) is 6.42 Å². The second kappa shape index (κ2) is 15.2. The molecule has 0 radical (unpaired) electrons. The Morgan fingerprint density at radius 2 is 1.44 bits per heavy atom. The van der Waals surface area contributed by atoms with Crippen LogP contribution in [0.4, 0.5) is 0 Å². The highest BCUT2D eigenvalue weighted by Crippen LogP contribution is 2.10. The molecule has 6 heteroatoms. The summed E-state index contributed by atoms with van der Waals surface area (Å²) in [7, 11) is 1.76. The fraction of sp³-hybridized carbons (Fsp3) is 0.762. The number of hydrogen-bond acceptors (Lipinski definition) is 3. The van der Waals surface area contributed by atoms with E-state index in [0.717, 1.165) is 44.3 Å². The quantitative estimate of drug-likeness (QED) is 0.302. The van der Waals surface area contributed by atoms with Gasteiger partial charge in [-0.15, -0.1) is 0 Å². The molecule has 0 atom stereocenters. The number of aryl methyl sites for hydroxylation is 1. The van der Waals surface area contributed by atoms with Gasteiger partial charge in [0.05, 0.1) is 0 Å². The average Bonchev–Trinajstić information content (AvgIpc) is 2.96. The molecule has 0 unspecified atom stereocenters. The molecule has 0 saturated carbocycles. The van der Waals surface area contributed by atoms with Gasteiger partial charge in [-0.3, -0.25) is 9.36 Å². The van der Waals surface area contributed by atoms with Crippen LogP contribution in [0.2, 0.25) is 0 Å². The lowest BCUT2D eigenvalue weighted by Crippen LogP contribution is -2.14. The molecule has 0 aliphatic carbocycles. The lowest BCUT2D eigenvalue weighted by Gasteiger charge is -2.01. The summed E-state index contributed by atoms with van der Waals surface area (Å²) in [6.07, 6.45) is 20.9.